The molecule has 0 aromatic heterocycles. The molecule has 3 aromatic carbocycles. The lowest BCUT2D eigenvalue weighted by Gasteiger charge is -2.32. The molecule has 0 aliphatic heterocycles. The molecule has 8 nitrogen and oxygen atoms in total. The summed E-state index contributed by atoms with van der Waals surface area (Å²) in [6.07, 6.45) is 0.722. The van der Waals surface area contributed by atoms with Gasteiger partial charge < -0.3 is 15.0 Å². The zero-order chi connectivity index (χ0) is 29.3. The number of hydrogen-bond acceptors (Lipinski definition) is 5. The molecule has 0 saturated heterocycles. The van der Waals surface area contributed by atoms with E-state index >= 15 is 0 Å². The number of amides is 2. The van der Waals surface area contributed by atoms with E-state index < -0.39 is 28.5 Å². The van der Waals surface area contributed by atoms with Crippen LogP contribution in [0.1, 0.15) is 32.8 Å². The number of hydrogen-bond donors (Lipinski definition) is 1. The molecule has 0 bridgehead atoms. The standard InChI is InChI=1S/C29H33Cl2N3O5S/c1-4-17-32-29(36)21(3)33(19-22-11-16-26(30)27(31)18-22)28(35)20-34(23-12-14-24(15-13-23)39-5-2)40(37,38)25-9-7-6-8-10-25/h6-16,18,21H,4-5,17,19-20H2,1-3H3,(H,32,36). The Morgan fingerprint density at radius 1 is 0.950 bits per heavy atom. The van der Waals surface area contributed by atoms with Crippen LogP contribution in [0.3, 0.4) is 0 Å². The second-order valence-corrected chi connectivity index (χ2v) is 11.7. The number of halogens is 2. The van der Waals surface area contributed by atoms with Crippen LogP contribution in [0.2, 0.25) is 10.0 Å². The molecule has 0 spiro atoms. The summed E-state index contributed by atoms with van der Waals surface area (Å²) in [4.78, 5) is 28.2. The molecule has 0 heterocycles. The lowest BCUT2D eigenvalue weighted by molar-refractivity contribution is -0.139. The number of nitrogens with zero attached hydrogens (tertiary/aromatic N) is 2. The largest absolute Gasteiger partial charge is 0.494 e. The van der Waals surface area contributed by atoms with Gasteiger partial charge in [-0.3, -0.25) is 13.9 Å². The van der Waals surface area contributed by atoms with Crippen LogP contribution in [0.4, 0.5) is 5.69 Å². The Balaban J connectivity index is 2.02. The van der Waals surface area contributed by atoms with Gasteiger partial charge in [0.1, 0.15) is 18.3 Å². The van der Waals surface area contributed by atoms with Crippen molar-refractivity contribution < 1.29 is 22.7 Å². The van der Waals surface area contributed by atoms with Crippen LogP contribution in [0.25, 0.3) is 0 Å². The van der Waals surface area contributed by atoms with Gasteiger partial charge in [0.2, 0.25) is 11.8 Å². The Hall–Kier alpha value is -3.27. The molecule has 0 saturated carbocycles. The third-order valence-electron chi connectivity index (χ3n) is 6.10. The highest BCUT2D eigenvalue weighted by Gasteiger charge is 2.32. The number of benzene rings is 3. The van der Waals surface area contributed by atoms with Crippen LogP contribution in [-0.2, 0) is 26.2 Å². The first kappa shape index (κ1) is 31.3. The molecule has 40 heavy (non-hydrogen) atoms. The predicted molar refractivity (Wildman–Crippen MR) is 158 cm³/mol. The number of rotatable bonds is 13. The smallest absolute Gasteiger partial charge is 0.264 e. The molecule has 0 aliphatic carbocycles. The van der Waals surface area contributed by atoms with Crippen LogP contribution in [0, 0.1) is 0 Å². The molecule has 3 rings (SSSR count). The molecular formula is C29H33Cl2N3O5S. The zero-order valence-corrected chi connectivity index (χ0v) is 25.0. The van der Waals surface area contributed by atoms with Gasteiger partial charge in [-0.15, -0.1) is 0 Å². The van der Waals surface area contributed by atoms with E-state index in [9.17, 15) is 18.0 Å². The van der Waals surface area contributed by atoms with Gasteiger partial charge in [0, 0.05) is 13.1 Å². The molecule has 3 aromatic rings. The van der Waals surface area contributed by atoms with E-state index in [1.165, 1.54) is 17.0 Å². The predicted octanol–water partition coefficient (Wildman–Crippen LogP) is 5.53. The van der Waals surface area contributed by atoms with Gasteiger partial charge in [0.25, 0.3) is 10.0 Å². The lowest BCUT2D eigenvalue weighted by atomic mass is 10.1. The number of carbonyl (C=O) groups excluding carboxylic acids is 2. The molecule has 11 heteroatoms. The Bertz CT molecular complexity index is 1400. The van der Waals surface area contributed by atoms with Gasteiger partial charge in [-0.1, -0.05) is 54.4 Å². The van der Waals surface area contributed by atoms with Crippen molar-refractivity contribution in [3.05, 3.63) is 88.4 Å². The fraction of sp³-hybridized carbons (Fsp3) is 0.310. The first-order valence-electron chi connectivity index (χ1n) is 12.9. The summed E-state index contributed by atoms with van der Waals surface area (Å²) in [5.41, 5.74) is 0.912. The Labute approximate surface area is 245 Å². The van der Waals surface area contributed by atoms with Gasteiger partial charge in [0.05, 0.1) is 27.2 Å². The molecule has 1 N–H and O–H groups in total. The topological polar surface area (TPSA) is 96.0 Å². The minimum Gasteiger partial charge on any atom is -0.494 e. The van der Waals surface area contributed by atoms with Crippen LogP contribution in [0.15, 0.2) is 77.7 Å². The molecule has 2 amide bonds. The fourth-order valence-electron chi connectivity index (χ4n) is 3.94. The summed E-state index contributed by atoms with van der Waals surface area (Å²) < 4.78 is 34.1. The maximum atomic E-state index is 13.9. The molecule has 214 valence electrons. The Kier molecular flexibility index (Phi) is 11.2. The van der Waals surface area contributed by atoms with E-state index in [-0.39, 0.29) is 23.0 Å². The van der Waals surface area contributed by atoms with Crippen molar-refractivity contribution in [1.82, 2.24) is 10.2 Å². The molecular weight excluding hydrogens is 573 g/mol. The average Bonchev–Trinajstić information content (AvgIpc) is 2.95. The first-order valence-corrected chi connectivity index (χ1v) is 15.1. The lowest BCUT2D eigenvalue weighted by Crippen LogP contribution is -2.51. The van der Waals surface area contributed by atoms with Crippen molar-refractivity contribution in [3.63, 3.8) is 0 Å². The number of carbonyl (C=O) groups is 2. The minimum absolute atomic E-state index is 0.0128. The van der Waals surface area contributed by atoms with Crippen molar-refractivity contribution in [2.45, 2.75) is 44.7 Å². The summed E-state index contributed by atoms with van der Waals surface area (Å²) >= 11 is 12.3. The van der Waals surface area contributed by atoms with Crippen molar-refractivity contribution in [1.29, 1.82) is 0 Å². The van der Waals surface area contributed by atoms with Gasteiger partial charge in [-0.25, -0.2) is 8.42 Å². The second-order valence-electron chi connectivity index (χ2n) is 8.99. The Morgan fingerprint density at radius 2 is 1.62 bits per heavy atom. The van der Waals surface area contributed by atoms with Crippen molar-refractivity contribution in [2.75, 3.05) is 24.0 Å². The average molecular weight is 607 g/mol. The van der Waals surface area contributed by atoms with E-state index in [0.29, 0.717) is 34.5 Å². The van der Waals surface area contributed by atoms with E-state index in [0.717, 1.165) is 10.7 Å². The molecule has 0 aliphatic rings. The highest BCUT2D eigenvalue weighted by atomic mass is 35.5. The van der Waals surface area contributed by atoms with Gasteiger partial charge in [0.15, 0.2) is 0 Å². The number of sulfonamides is 1. The summed E-state index contributed by atoms with van der Waals surface area (Å²) in [7, 11) is -4.15. The van der Waals surface area contributed by atoms with Gasteiger partial charge in [-0.2, -0.15) is 0 Å². The van der Waals surface area contributed by atoms with Crippen LogP contribution in [0.5, 0.6) is 5.75 Å². The monoisotopic (exact) mass is 605 g/mol. The first-order chi connectivity index (χ1) is 19.1. The van der Waals surface area contributed by atoms with Gasteiger partial charge >= 0.3 is 0 Å². The van der Waals surface area contributed by atoms with Crippen LogP contribution < -0.4 is 14.4 Å². The van der Waals surface area contributed by atoms with E-state index in [1.807, 2.05) is 13.8 Å². The third-order valence-corrected chi connectivity index (χ3v) is 8.63. The number of anilines is 1. The summed E-state index contributed by atoms with van der Waals surface area (Å²) in [5, 5.41) is 3.46. The number of nitrogens with one attached hydrogen (secondary N) is 1. The molecule has 0 fully saturated rings. The normalized spacial score (nSPS) is 11.9. The minimum atomic E-state index is -4.15. The van der Waals surface area contributed by atoms with Crippen molar-refractivity contribution >= 4 is 50.7 Å². The maximum absolute atomic E-state index is 13.9. The second kappa shape index (κ2) is 14.4. The zero-order valence-electron chi connectivity index (χ0n) is 22.6. The van der Waals surface area contributed by atoms with Gasteiger partial charge in [-0.05, 0) is 74.4 Å². The fourth-order valence-corrected chi connectivity index (χ4v) is 5.69. The highest BCUT2D eigenvalue weighted by molar-refractivity contribution is 7.92. The third kappa shape index (κ3) is 7.90. The maximum Gasteiger partial charge on any atom is 0.264 e. The quantitative estimate of drug-likeness (QED) is 0.276. The van der Waals surface area contributed by atoms with Crippen molar-refractivity contribution in [2.24, 2.45) is 0 Å². The number of ether oxygens (including phenoxy) is 1. The molecule has 1 atom stereocenters. The van der Waals surface area contributed by atoms with E-state index in [2.05, 4.69) is 5.32 Å². The Morgan fingerprint density at radius 3 is 2.23 bits per heavy atom. The SMILES string of the molecule is CCCNC(=O)C(C)N(Cc1ccc(Cl)c(Cl)c1)C(=O)CN(c1ccc(OCC)cc1)S(=O)(=O)c1ccccc1. The van der Waals surface area contributed by atoms with Crippen molar-refractivity contribution in [3.8, 4) is 5.75 Å². The molecule has 1 unspecified atom stereocenters. The van der Waals surface area contributed by atoms with E-state index in [4.69, 9.17) is 27.9 Å². The van der Waals surface area contributed by atoms with E-state index in [1.54, 1.807) is 67.6 Å². The van der Waals surface area contributed by atoms with Crippen LogP contribution in [-0.4, -0.2) is 50.9 Å². The summed E-state index contributed by atoms with van der Waals surface area (Å²) in [6, 6.07) is 18.4. The summed E-state index contributed by atoms with van der Waals surface area (Å²) in [6.45, 7) is 5.74. The van der Waals surface area contributed by atoms with Crippen LogP contribution >= 0.6 is 23.2 Å². The summed E-state index contributed by atoms with van der Waals surface area (Å²) in [5.74, 6) is -0.357. The highest BCUT2D eigenvalue weighted by Crippen LogP contribution is 2.27. The molecule has 0 radical (unpaired) electrons.